The van der Waals surface area contributed by atoms with Gasteiger partial charge in [0.15, 0.2) is 22.1 Å². The van der Waals surface area contributed by atoms with E-state index in [1.54, 1.807) is 19.1 Å². The fraction of sp³-hybridized carbons (Fsp3) is 0.208. The lowest BCUT2D eigenvalue weighted by atomic mass is 9.98. The van der Waals surface area contributed by atoms with Crippen LogP contribution in [0.1, 0.15) is 45.2 Å². The predicted molar refractivity (Wildman–Crippen MR) is 122 cm³/mol. The molecule has 0 fully saturated rings. The van der Waals surface area contributed by atoms with Gasteiger partial charge in [0.05, 0.1) is 29.3 Å². The van der Waals surface area contributed by atoms with Gasteiger partial charge in [-0.2, -0.15) is 0 Å². The zero-order valence-corrected chi connectivity index (χ0v) is 18.8. The number of rotatable bonds is 4. The molecule has 0 radical (unpaired) electrons. The van der Waals surface area contributed by atoms with E-state index < -0.39 is 23.2 Å². The highest BCUT2D eigenvalue weighted by Gasteiger charge is 2.45. The number of fused-ring (bicyclic) bond motifs is 2. The van der Waals surface area contributed by atoms with Crippen LogP contribution in [0.3, 0.4) is 0 Å². The molecule has 0 saturated heterocycles. The summed E-state index contributed by atoms with van der Waals surface area (Å²) >= 11 is 1.32. The summed E-state index contributed by atoms with van der Waals surface area (Å²) < 4.78 is 25.3. The molecule has 0 aliphatic carbocycles. The van der Waals surface area contributed by atoms with Crippen LogP contribution in [0.5, 0.6) is 11.5 Å². The van der Waals surface area contributed by atoms with Crippen molar-refractivity contribution in [1.29, 1.82) is 0 Å². The second kappa shape index (κ2) is 7.70. The third kappa shape index (κ3) is 3.27. The van der Waals surface area contributed by atoms with Gasteiger partial charge in [-0.25, -0.2) is 9.37 Å². The van der Waals surface area contributed by atoms with E-state index in [4.69, 9.17) is 9.15 Å². The molecule has 5 rings (SSSR count). The van der Waals surface area contributed by atoms with Crippen molar-refractivity contribution in [2.45, 2.75) is 26.8 Å². The Morgan fingerprint density at radius 2 is 2.00 bits per heavy atom. The van der Waals surface area contributed by atoms with Gasteiger partial charge < -0.3 is 14.3 Å². The molecule has 3 heterocycles. The number of thiazole rings is 1. The molecule has 168 valence electrons. The second-order valence-corrected chi connectivity index (χ2v) is 8.87. The number of anilines is 1. The van der Waals surface area contributed by atoms with Crippen molar-refractivity contribution in [3.63, 3.8) is 0 Å². The van der Waals surface area contributed by atoms with E-state index in [2.05, 4.69) is 4.98 Å². The number of aryl methyl sites for hydroxylation is 2. The standard InChI is InChI=1S/C24H19FN2O5S/c1-4-31-18-9-13(5-7-16(18)28)20-19-21(29)15-10-14(25)6-8-17(15)32-22(19)23(30)27(20)24-26-11(2)12(3)33-24/h5-10,20,28H,4H2,1-3H3. The minimum absolute atomic E-state index is 0.0451. The van der Waals surface area contributed by atoms with E-state index in [-0.39, 0.29) is 33.8 Å². The molecule has 1 N–H and O–H groups in total. The molecular weight excluding hydrogens is 447 g/mol. The fourth-order valence-corrected chi connectivity index (χ4v) is 4.92. The lowest BCUT2D eigenvalue weighted by Gasteiger charge is -2.23. The number of halogens is 1. The Labute approximate surface area is 191 Å². The molecule has 1 unspecified atom stereocenters. The maximum atomic E-state index is 13.9. The van der Waals surface area contributed by atoms with Crippen molar-refractivity contribution < 1.29 is 23.4 Å². The topological polar surface area (TPSA) is 92.9 Å². The minimum atomic E-state index is -0.888. The lowest BCUT2D eigenvalue weighted by Crippen LogP contribution is -2.29. The molecule has 0 bridgehead atoms. The van der Waals surface area contributed by atoms with Crippen LogP contribution in [-0.4, -0.2) is 22.6 Å². The highest BCUT2D eigenvalue weighted by Crippen LogP contribution is 2.44. The Morgan fingerprint density at radius 3 is 2.70 bits per heavy atom. The number of amides is 1. The number of carbonyl (C=O) groups excluding carboxylic acids is 1. The molecule has 7 nitrogen and oxygen atoms in total. The zero-order chi connectivity index (χ0) is 23.4. The second-order valence-electron chi connectivity index (χ2n) is 7.69. The molecule has 9 heteroatoms. The summed E-state index contributed by atoms with van der Waals surface area (Å²) in [5.74, 6) is -1.05. The van der Waals surface area contributed by atoms with Crippen LogP contribution < -0.4 is 15.1 Å². The average Bonchev–Trinajstić information content (AvgIpc) is 3.26. The molecule has 4 aromatic rings. The first-order valence-corrected chi connectivity index (χ1v) is 11.1. The first-order chi connectivity index (χ1) is 15.8. The minimum Gasteiger partial charge on any atom is -0.504 e. The van der Waals surface area contributed by atoms with Gasteiger partial charge in [0.1, 0.15) is 11.4 Å². The summed E-state index contributed by atoms with van der Waals surface area (Å²) in [7, 11) is 0. The molecule has 0 spiro atoms. The van der Waals surface area contributed by atoms with E-state index >= 15 is 0 Å². The van der Waals surface area contributed by atoms with E-state index in [0.29, 0.717) is 17.3 Å². The van der Waals surface area contributed by atoms with Crippen LogP contribution in [-0.2, 0) is 0 Å². The van der Waals surface area contributed by atoms with Crippen molar-refractivity contribution in [3.8, 4) is 11.5 Å². The van der Waals surface area contributed by atoms with Crippen LogP contribution >= 0.6 is 11.3 Å². The van der Waals surface area contributed by atoms with E-state index in [9.17, 15) is 19.1 Å². The van der Waals surface area contributed by atoms with Crippen LogP contribution in [0.25, 0.3) is 11.0 Å². The number of phenols is 1. The summed E-state index contributed by atoms with van der Waals surface area (Å²) in [4.78, 5) is 33.9. The zero-order valence-electron chi connectivity index (χ0n) is 18.0. The van der Waals surface area contributed by atoms with Crippen LogP contribution in [0.4, 0.5) is 9.52 Å². The molecular formula is C24H19FN2O5S. The highest BCUT2D eigenvalue weighted by atomic mass is 32.1. The molecule has 1 amide bonds. The third-order valence-electron chi connectivity index (χ3n) is 5.65. The van der Waals surface area contributed by atoms with Gasteiger partial charge in [-0.3, -0.25) is 14.5 Å². The molecule has 33 heavy (non-hydrogen) atoms. The largest absolute Gasteiger partial charge is 0.504 e. The number of hydrogen-bond donors (Lipinski definition) is 1. The first kappa shape index (κ1) is 21.1. The van der Waals surface area contributed by atoms with Gasteiger partial charge >= 0.3 is 0 Å². The van der Waals surface area contributed by atoms with Gasteiger partial charge in [0.2, 0.25) is 5.76 Å². The number of carbonyl (C=O) groups is 1. The summed E-state index contributed by atoms with van der Waals surface area (Å²) in [6, 6.07) is 7.37. The van der Waals surface area contributed by atoms with Gasteiger partial charge in [0.25, 0.3) is 5.91 Å². The van der Waals surface area contributed by atoms with Crippen LogP contribution in [0.2, 0.25) is 0 Å². The van der Waals surface area contributed by atoms with Gasteiger partial charge in [0, 0.05) is 4.88 Å². The Hall–Kier alpha value is -3.72. The Morgan fingerprint density at radius 1 is 1.21 bits per heavy atom. The smallest absolute Gasteiger partial charge is 0.297 e. The number of nitrogens with zero attached hydrogens (tertiary/aromatic N) is 2. The van der Waals surface area contributed by atoms with E-state index in [1.807, 2.05) is 13.8 Å². The van der Waals surface area contributed by atoms with Gasteiger partial charge in [-0.1, -0.05) is 6.07 Å². The summed E-state index contributed by atoms with van der Waals surface area (Å²) in [5.41, 5.74) is 1.02. The van der Waals surface area contributed by atoms with Crippen LogP contribution in [0.15, 0.2) is 45.6 Å². The number of aromatic hydroxyl groups is 1. The average molecular weight is 466 g/mol. The summed E-state index contributed by atoms with van der Waals surface area (Å²) in [6.45, 7) is 5.83. The molecule has 1 aliphatic rings. The van der Waals surface area contributed by atoms with E-state index in [1.165, 1.54) is 34.4 Å². The fourth-order valence-electron chi connectivity index (χ4n) is 3.99. The maximum Gasteiger partial charge on any atom is 0.297 e. The van der Waals surface area contributed by atoms with Gasteiger partial charge in [-0.15, -0.1) is 11.3 Å². The molecule has 2 aromatic heterocycles. The molecule has 1 aliphatic heterocycles. The Bertz CT molecular complexity index is 1470. The van der Waals surface area contributed by atoms with Crippen LogP contribution in [0, 0.1) is 19.7 Å². The number of phenolic OH excluding ortho intramolecular Hbond substituents is 1. The highest BCUT2D eigenvalue weighted by molar-refractivity contribution is 7.15. The summed E-state index contributed by atoms with van der Waals surface area (Å²) in [6.07, 6.45) is 0. The molecule has 1 atom stereocenters. The van der Waals surface area contributed by atoms with Gasteiger partial charge in [-0.05, 0) is 56.7 Å². The number of aromatic nitrogens is 1. The Kier molecular flexibility index (Phi) is 4.93. The number of hydrogen-bond acceptors (Lipinski definition) is 7. The number of ether oxygens (including phenoxy) is 1. The predicted octanol–water partition coefficient (Wildman–Crippen LogP) is 4.86. The molecule has 2 aromatic carbocycles. The van der Waals surface area contributed by atoms with Crippen molar-refractivity contribution in [2.75, 3.05) is 11.5 Å². The quantitative estimate of drug-likeness (QED) is 0.462. The third-order valence-corrected chi connectivity index (χ3v) is 6.73. The monoisotopic (exact) mass is 466 g/mol. The first-order valence-electron chi connectivity index (χ1n) is 10.3. The maximum absolute atomic E-state index is 13.9. The van der Waals surface area contributed by atoms with Crippen molar-refractivity contribution in [3.05, 3.63) is 79.9 Å². The molecule has 0 saturated carbocycles. The van der Waals surface area contributed by atoms with Crippen molar-refractivity contribution in [2.24, 2.45) is 0 Å². The van der Waals surface area contributed by atoms with Crippen molar-refractivity contribution in [1.82, 2.24) is 4.98 Å². The number of benzene rings is 2. The van der Waals surface area contributed by atoms with Crippen molar-refractivity contribution >= 4 is 33.3 Å². The van der Waals surface area contributed by atoms with E-state index in [0.717, 1.165) is 16.6 Å². The lowest BCUT2D eigenvalue weighted by molar-refractivity contribution is 0.0971. The SMILES string of the molecule is CCOc1cc(C2c3c(oc4ccc(F)cc4c3=O)C(=O)N2c2nc(C)c(C)s2)ccc1O. The normalized spacial score (nSPS) is 15.3. The summed E-state index contributed by atoms with van der Waals surface area (Å²) in [5, 5.41) is 10.6. The Balaban J connectivity index is 1.81.